The third-order valence-electron chi connectivity index (χ3n) is 2.84. The van der Waals surface area contributed by atoms with E-state index in [0.29, 0.717) is 18.7 Å². The molecule has 19 heavy (non-hydrogen) atoms. The van der Waals surface area contributed by atoms with Crippen LogP contribution in [0.2, 0.25) is 0 Å². The molecule has 1 atom stereocenters. The van der Waals surface area contributed by atoms with E-state index < -0.39 is 4.92 Å². The summed E-state index contributed by atoms with van der Waals surface area (Å²) >= 11 is 0. The molecule has 0 bridgehead atoms. The van der Waals surface area contributed by atoms with Gasteiger partial charge in [0.05, 0.1) is 11.0 Å². The number of nitrogens with one attached hydrogen (secondary N) is 1. The summed E-state index contributed by atoms with van der Waals surface area (Å²) in [6.45, 7) is 3.05. The number of nitrogens with zero attached hydrogens (tertiary/aromatic N) is 2. The van der Waals surface area contributed by atoms with Crippen molar-refractivity contribution in [1.29, 1.82) is 0 Å². The van der Waals surface area contributed by atoms with Crippen LogP contribution in [0.4, 0.5) is 5.69 Å². The Morgan fingerprint density at radius 3 is 2.74 bits per heavy atom. The Labute approximate surface area is 110 Å². The molecule has 1 aromatic carbocycles. The first-order valence-electron chi connectivity index (χ1n) is 5.89. The summed E-state index contributed by atoms with van der Waals surface area (Å²) in [6.07, 6.45) is 0. The first-order valence-corrected chi connectivity index (χ1v) is 5.89. The van der Waals surface area contributed by atoms with E-state index >= 15 is 0 Å². The van der Waals surface area contributed by atoms with Crippen molar-refractivity contribution >= 4 is 11.6 Å². The predicted octanol–water partition coefficient (Wildman–Crippen LogP) is 0.724. The Morgan fingerprint density at radius 2 is 2.11 bits per heavy atom. The largest absolute Gasteiger partial charge is 0.304 e. The monoisotopic (exact) mass is 259 g/mol. The Hall–Kier alpha value is -2.39. The van der Waals surface area contributed by atoms with Gasteiger partial charge in [-0.1, -0.05) is 0 Å². The number of piperazine rings is 1. The van der Waals surface area contributed by atoms with Gasteiger partial charge in [-0.15, -0.1) is 0 Å². The zero-order chi connectivity index (χ0) is 13.8. The number of amides is 1. The normalized spacial score (nSPS) is 18.7. The van der Waals surface area contributed by atoms with Crippen LogP contribution in [0.3, 0.4) is 0 Å². The van der Waals surface area contributed by atoms with Crippen LogP contribution in [0.25, 0.3) is 0 Å². The molecular weight excluding hydrogens is 246 g/mol. The molecule has 2 rings (SSSR count). The fourth-order valence-electron chi connectivity index (χ4n) is 1.73. The summed E-state index contributed by atoms with van der Waals surface area (Å²) in [5.41, 5.74) is 0.669. The van der Waals surface area contributed by atoms with Crippen LogP contribution >= 0.6 is 0 Å². The first-order chi connectivity index (χ1) is 9.08. The summed E-state index contributed by atoms with van der Waals surface area (Å²) in [5.74, 6) is 2.78. The van der Waals surface area contributed by atoms with E-state index in [0.717, 1.165) is 0 Å². The molecule has 0 saturated carbocycles. The molecule has 6 nitrogen and oxygen atoms in total. The number of hydrogen-bond donors (Lipinski definition) is 1. The fourth-order valence-corrected chi connectivity index (χ4v) is 1.73. The summed E-state index contributed by atoms with van der Waals surface area (Å²) in [6, 6.07) is 8.50. The minimum atomic E-state index is -0.460. The highest BCUT2D eigenvalue weighted by Crippen LogP contribution is 2.11. The van der Waals surface area contributed by atoms with Crippen LogP contribution < -0.4 is 5.32 Å². The second-order valence-corrected chi connectivity index (χ2v) is 4.21. The number of hydrogen-bond acceptors (Lipinski definition) is 4. The lowest BCUT2D eigenvalue weighted by atomic mass is 10.2. The second-order valence-electron chi connectivity index (χ2n) is 4.21. The van der Waals surface area contributed by atoms with E-state index in [2.05, 4.69) is 17.3 Å². The van der Waals surface area contributed by atoms with Gasteiger partial charge in [-0.2, -0.15) is 0 Å². The SMILES string of the molecule is CC1NCCN(C#Cc2ccc([N+](=O)[O-])cc2)C1=O. The average Bonchev–Trinajstić information content (AvgIpc) is 2.41. The smallest absolute Gasteiger partial charge is 0.269 e. The van der Waals surface area contributed by atoms with E-state index in [9.17, 15) is 14.9 Å². The molecule has 6 heteroatoms. The number of nitro benzene ring substituents is 1. The Bertz CT molecular complexity index is 557. The van der Waals surface area contributed by atoms with E-state index in [1.54, 1.807) is 19.1 Å². The van der Waals surface area contributed by atoms with Crippen molar-refractivity contribution < 1.29 is 9.72 Å². The van der Waals surface area contributed by atoms with Gasteiger partial charge < -0.3 is 5.32 Å². The second kappa shape index (κ2) is 5.50. The highest BCUT2D eigenvalue weighted by Gasteiger charge is 2.23. The van der Waals surface area contributed by atoms with Gasteiger partial charge in [0.25, 0.3) is 11.6 Å². The molecule has 98 valence electrons. The highest BCUT2D eigenvalue weighted by atomic mass is 16.6. The number of carbonyl (C=O) groups excluding carboxylic acids is 1. The standard InChI is InChI=1S/C13H13N3O3/c1-10-13(17)15(9-7-14-10)8-6-11-2-4-12(5-3-11)16(18)19/h2-5,10,14H,7,9H2,1H3. The molecule has 1 heterocycles. The third kappa shape index (κ3) is 3.09. The van der Waals surface area contributed by atoms with Crippen molar-refractivity contribution in [2.75, 3.05) is 13.1 Å². The topological polar surface area (TPSA) is 75.5 Å². The van der Waals surface area contributed by atoms with Crippen molar-refractivity contribution in [2.24, 2.45) is 0 Å². The van der Waals surface area contributed by atoms with Gasteiger partial charge in [-0.3, -0.25) is 19.8 Å². The lowest BCUT2D eigenvalue weighted by Crippen LogP contribution is -2.51. The van der Waals surface area contributed by atoms with Crippen LogP contribution in [-0.4, -0.2) is 34.9 Å². The lowest BCUT2D eigenvalue weighted by Gasteiger charge is -2.26. The molecule has 1 aliphatic rings. The molecule has 1 unspecified atom stereocenters. The minimum absolute atomic E-state index is 0.0254. The summed E-state index contributed by atoms with van der Waals surface area (Å²) in [5, 5.41) is 13.6. The lowest BCUT2D eigenvalue weighted by molar-refractivity contribution is -0.384. The van der Waals surface area contributed by atoms with E-state index in [4.69, 9.17) is 0 Å². The molecular formula is C13H13N3O3. The number of rotatable bonds is 1. The van der Waals surface area contributed by atoms with Gasteiger partial charge in [0, 0.05) is 36.8 Å². The van der Waals surface area contributed by atoms with E-state index in [1.165, 1.54) is 17.0 Å². The number of nitro groups is 1. The molecule has 1 saturated heterocycles. The van der Waals surface area contributed by atoms with Crippen LogP contribution in [0.5, 0.6) is 0 Å². The van der Waals surface area contributed by atoms with Gasteiger partial charge >= 0.3 is 0 Å². The van der Waals surface area contributed by atoms with Crippen molar-refractivity contribution in [3.8, 4) is 12.0 Å². The number of non-ortho nitro benzene ring substituents is 1. The van der Waals surface area contributed by atoms with E-state index in [-0.39, 0.29) is 17.6 Å². The zero-order valence-corrected chi connectivity index (χ0v) is 10.4. The Morgan fingerprint density at radius 1 is 1.42 bits per heavy atom. The van der Waals surface area contributed by atoms with Gasteiger partial charge in [-0.05, 0) is 25.0 Å². The summed E-state index contributed by atoms with van der Waals surface area (Å²) in [7, 11) is 0. The average molecular weight is 259 g/mol. The zero-order valence-electron chi connectivity index (χ0n) is 10.4. The van der Waals surface area contributed by atoms with Crippen molar-refractivity contribution in [2.45, 2.75) is 13.0 Å². The highest BCUT2D eigenvalue weighted by molar-refractivity contribution is 5.83. The predicted molar refractivity (Wildman–Crippen MR) is 69.2 cm³/mol. The van der Waals surface area contributed by atoms with Crippen molar-refractivity contribution in [1.82, 2.24) is 10.2 Å². The molecule has 1 fully saturated rings. The third-order valence-corrected chi connectivity index (χ3v) is 2.84. The Balaban J connectivity index is 2.11. The molecule has 1 aromatic rings. The van der Waals surface area contributed by atoms with E-state index in [1.807, 2.05) is 0 Å². The van der Waals surface area contributed by atoms with Crippen molar-refractivity contribution in [3.05, 3.63) is 39.9 Å². The summed E-state index contributed by atoms with van der Waals surface area (Å²) in [4.78, 5) is 23.3. The first kappa shape index (κ1) is 13.1. The number of benzene rings is 1. The maximum atomic E-state index is 11.8. The maximum Gasteiger partial charge on any atom is 0.269 e. The molecule has 1 N–H and O–H groups in total. The minimum Gasteiger partial charge on any atom is -0.304 e. The fraction of sp³-hybridized carbons (Fsp3) is 0.308. The molecule has 0 radical (unpaired) electrons. The molecule has 1 aliphatic heterocycles. The van der Waals surface area contributed by atoms with Gasteiger partial charge in [0.2, 0.25) is 0 Å². The Kier molecular flexibility index (Phi) is 3.78. The van der Waals surface area contributed by atoms with Gasteiger partial charge in [0.15, 0.2) is 0 Å². The molecule has 1 amide bonds. The van der Waals surface area contributed by atoms with Gasteiger partial charge in [-0.25, -0.2) is 0 Å². The molecule has 0 spiro atoms. The maximum absolute atomic E-state index is 11.8. The molecule has 0 aromatic heterocycles. The molecule has 0 aliphatic carbocycles. The van der Waals surface area contributed by atoms with Crippen LogP contribution in [0.1, 0.15) is 12.5 Å². The van der Waals surface area contributed by atoms with Crippen molar-refractivity contribution in [3.63, 3.8) is 0 Å². The number of carbonyl (C=O) groups is 1. The quantitative estimate of drug-likeness (QED) is 0.458. The van der Waals surface area contributed by atoms with Crippen LogP contribution in [0.15, 0.2) is 24.3 Å². The van der Waals surface area contributed by atoms with Gasteiger partial charge in [0.1, 0.15) is 0 Å². The summed E-state index contributed by atoms with van der Waals surface area (Å²) < 4.78 is 0. The van der Waals surface area contributed by atoms with Crippen LogP contribution in [0, 0.1) is 22.1 Å². The van der Waals surface area contributed by atoms with Crippen LogP contribution in [-0.2, 0) is 4.79 Å².